The number of nitrogens with one attached hydrogen (secondary N) is 2. The number of hydrogen-bond donors (Lipinski definition) is 3. The lowest BCUT2D eigenvalue weighted by molar-refractivity contribution is -0.927. The van der Waals surface area contributed by atoms with Gasteiger partial charge in [-0.1, -0.05) is 36.8 Å². The van der Waals surface area contributed by atoms with E-state index in [2.05, 4.69) is 17.7 Å². The fourth-order valence-corrected chi connectivity index (χ4v) is 6.47. The van der Waals surface area contributed by atoms with Crippen LogP contribution in [0.3, 0.4) is 0 Å². The first kappa shape index (κ1) is 24.0. The molecule has 3 aromatic rings. The molecular formula is C25H29IN4O2S. The maximum atomic E-state index is 12.8. The molecule has 4 N–H and O–H groups in total. The minimum Gasteiger partial charge on any atom is -1.00 e. The van der Waals surface area contributed by atoms with Gasteiger partial charge in [0.25, 0.3) is 5.91 Å². The molecule has 33 heavy (non-hydrogen) atoms. The molecule has 1 unspecified atom stereocenters. The second-order valence-electron chi connectivity index (χ2n) is 9.44. The van der Waals surface area contributed by atoms with Crippen molar-refractivity contribution in [2.45, 2.75) is 32.2 Å². The van der Waals surface area contributed by atoms with Crippen molar-refractivity contribution in [1.82, 2.24) is 0 Å². The number of hydrogen-bond acceptors (Lipinski definition) is 3. The molecule has 1 saturated carbocycles. The largest absolute Gasteiger partial charge is 1.00 e. The van der Waals surface area contributed by atoms with Crippen molar-refractivity contribution >= 4 is 44.7 Å². The molecule has 2 aliphatic rings. The fraction of sp³-hybridized carbons (Fsp3) is 0.360. The van der Waals surface area contributed by atoms with Crippen molar-refractivity contribution in [3.05, 3.63) is 58.5 Å². The molecule has 1 aliphatic carbocycles. The number of halogens is 1. The summed E-state index contributed by atoms with van der Waals surface area (Å²) >= 11 is 1.50. The maximum absolute atomic E-state index is 12.8. The molecule has 1 aliphatic heterocycles. The highest BCUT2D eigenvalue weighted by molar-refractivity contribution is 7.17. The topological polar surface area (TPSA) is 84.2 Å². The molecule has 6 nitrogen and oxygen atoms in total. The van der Waals surface area contributed by atoms with Crippen LogP contribution >= 0.6 is 11.3 Å². The second-order valence-corrected chi connectivity index (χ2v) is 10.5. The van der Waals surface area contributed by atoms with Gasteiger partial charge in [0, 0.05) is 18.0 Å². The Morgan fingerprint density at radius 3 is 2.58 bits per heavy atom. The number of primary amides is 1. The Hall–Kier alpha value is -2.17. The number of benzene rings is 2. The van der Waals surface area contributed by atoms with Crippen LogP contribution in [0.5, 0.6) is 0 Å². The van der Waals surface area contributed by atoms with Crippen LogP contribution in [-0.2, 0) is 13.0 Å². The van der Waals surface area contributed by atoms with Gasteiger partial charge in [-0.3, -0.25) is 10.1 Å². The molecule has 1 aromatic heterocycles. The Bertz CT molecular complexity index is 1210. The van der Waals surface area contributed by atoms with Crippen LogP contribution in [0.4, 0.5) is 15.5 Å². The van der Waals surface area contributed by atoms with E-state index in [4.69, 9.17) is 5.73 Å². The number of nitrogens with two attached hydrogens (primary N) is 1. The van der Waals surface area contributed by atoms with E-state index in [1.165, 1.54) is 42.0 Å². The highest BCUT2D eigenvalue weighted by Gasteiger charge is 2.37. The average Bonchev–Trinajstić information content (AvgIpc) is 3.07. The standard InChI is InChI=1S/C25H28N4O2S.HI/c1-29(14-16-5-4-6-16)12-11-20-21(15-29)32-24(22(20)23(26)30)28-25(31)27-19-10-9-17-7-2-3-8-18(17)13-19;/h2-3,7-10,13,16H,4-6,11-12,14-15H2,1H3,(H3-,26,27,28,30,31);1H. The first-order chi connectivity index (χ1) is 15.4. The predicted molar refractivity (Wildman–Crippen MR) is 130 cm³/mol. The van der Waals surface area contributed by atoms with Crippen molar-refractivity contribution in [3.63, 3.8) is 0 Å². The summed E-state index contributed by atoms with van der Waals surface area (Å²) in [5.41, 5.74) is 7.95. The first-order valence-electron chi connectivity index (χ1n) is 11.2. The van der Waals surface area contributed by atoms with E-state index in [1.54, 1.807) is 0 Å². The molecule has 0 spiro atoms. The van der Waals surface area contributed by atoms with E-state index < -0.39 is 5.91 Å². The molecule has 0 saturated heterocycles. The van der Waals surface area contributed by atoms with E-state index in [-0.39, 0.29) is 30.0 Å². The Labute approximate surface area is 215 Å². The van der Waals surface area contributed by atoms with Gasteiger partial charge < -0.3 is 39.5 Å². The van der Waals surface area contributed by atoms with Crippen molar-refractivity contribution in [1.29, 1.82) is 0 Å². The quantitative estimate of drug-likeness (QED) is 0.321. The third-order valence-electron chi connectivity index (χ3n) is 6.92. The van der Waals surface area contributed by atoms with E-state index in [0.717, 1.165) is 46.2 Å². The second kappa shape index (κ2) is 9.60. The number of anilines is 2. The Morgan fingerprint density at radius 2 is 1.88 bits per heavy atom. The van der Waals surface area contributed by atoms with Gasteiger partial charge in [0.2, 0.25) is 0 Å². The summed E-state index contributed by atoms with van der Waals surface area (Å²) in [7, 11) is 2.31. The van der Waals surface area contributed by atoms with Crippen LogP contribution in [0.25, 0.3) is 10.8 Å². The minimum absolute atomic E-state index is 0. The average molecular weight is 577 g/mol. The minimum atomic E-state index is -0.474. The zero-order chi connectivity index (χ0) is 22.3. The summed E-state index contributed by atoms with van der Waals surface area (Å²) in [6, 6.07) is 13.4. The molecule has 0 radical (unpaired) electrons. The smallest absolute Gasteiger partial charge is 0.324 e. The van der Waals surface area contributed by atoms with Crippen molar-refractivity contribution in [2.24, 2.45) is 11.7 Å². The third-order valence-corrected chi connectivity index (χ3v) is 8.05. The molecular weight excluding hydrogens is 547 g/mol. The summed E-state index contributed by atoms with van der Waals surface area (Å²) in [4.78, 5) is 26.2. The van der Waals surface area contributed by atoms with Gasteiger partial charge in [0.15, 0.2) is 0 Å². The van der Waals surface area contributed by atoms with E-state index >= 15 is 0 Å². The molecule has 5 rings (SSSR count). The van der Waals surface area contributed by atoms with Crippen molar-refractivity contribution in [3.8, 4) is 0 Å². The predicted octanol–water partition coefficient (Wildman–Crippen LogP) is 1.95. The van der Waals surface area contributed by atoms with Crippen LogP contribution < -0.4 is 40.3 Å². The zero-order valence-corrected chi connectivity index (χ0v) is 21.7. The zero-order valence-electron chi connectivity index (χ0n) is 18.7. The van der Waals surface area contributed by atoms with E-state index in [1.807, 2.05) is 42.5 Å². The van der Waals surface area contributed by atoms with Crippen LogP contribution in [0.15, 0.2) is 42.5 Å². The number of rotatable bonds is 5. The molecule has 3 amide bonds. The van der Waals surface area contributed by atoms with Gasteiger partial charge in [-0.05, 0) is 41.3 Å². The fourth-order valence-electron chi connectivity index (χ4n) is 5.05. The van der Waals surface area contributed by atoms with Gasteiger partial charge in [0.1, 0.15) is 11.5 Å². The molecule has 8 heteroatoms. The molecule has 0 bridgehead atoms. The lowest BCUT2D eigenvalue weighted by Crippen LogP contribution is -3.00. The highest BCUT2D eigenvalue weighted by atomic mass is 127. The number of fused-ring (bicyclic) bond motifs is 2. The summed E-state index contributed by atoms with van der Waals surface area (Å²) < 4.78 is 0.999. The number of quaternary nitrogens is 1. The van der Waals surface area contributed by atoms with Gasteiger partial charge in [-0.25, -0.2) is 4.79 Å². The normalized spacial score (nSPS) is 19.8. The van der Waals surface area contributed by atoms with E-state index in [0.29, 0.717) is 16.3 Å². The first-order valence-corrected chi connectivity index (χ1v) is 12.1. The third kappa shape index (κ3) is 5.02. The van der Waals surface area contributed by atoms with E-state index in [9.17, 15) is 9.59 Å². The maximum Gasteiger partial charge on any atom is 0.324 e. The lowest BCUT2D eigenvalue weighted by Gasteiger charge is -2.42. The van der Waals surface area contributed by atoms with Gasteiger partial charge >= 0.3 is 6.03 Å². The molecule has 1 fully saturated rings. The van der Waals surface area contributed by atoms with Crippen LogP contribution in [0.2, 0.25) is 0 Å². The number of nitrogens with zero attached hydrogens (tertiary/aromatic N) is 1. The Kier molecular flexibility index (Phi) is 6.97. The van der Waals surface area contributed by atoms with Gasteiger partial charge in [-0.2, -0.15) is 0 Å². The summed E-state index contributed by atoms with van der Waals surface area (Å²) in [5.74, 6) is 0.348. The molecule has 2 heterocycles. The van der Waals surface area contributed by atoms with Gasteiger partial charge in [0.05, 0.1) is 30.6 Å². The highest BCUT2D eigenvalue weighted by Crippen LogP contribution is 2.40. The summed E-state index contributed by atoms with van der Waals surface area (Å²) in [5, 5.41) is 8.51. The summed E-state index contributed by atoms with van der Waals surface area (Å²) in [6.07, 6.45) is 4.83. The Balaban J connectivity index is 0.00000259. The number of urea groups is 1. The van der Waals surface area contributed by atoms with Crippen LogP contribution in [0, 0.1) is 5.92 Å². The molecule has 174 valence electrons. The number of amides is 3. The number of carbonyl (C=O) groups excluding carboxylic acids is 2. The monoisotopic (exact) mass is 576 g/mol. The van der Waals surface area contributed by atoms with Crippen LogP contribution in [-0.4, -0.2) is 36.6 Å². The van der Waals surface area contributed by atoms with Crippen molar-refractivity contribution < 1.29 is 38.0 Å². The number of likely N-dealkylation sites (N-methyl/N-ethyl adjacent to an activating group) is 1. The summed E-state index contributed by atoms with van der Waals surface area (Å²) in [6.45, 7) is 3.09. The lowest BCUT2D eigenvalue weighted by atomic mass is 9.84. The SMILES string of the molecule is C[N+]1(CC2CCC2)CCc2c(sc(NC(=O)Nc3ccc4ccccc4c3)c2C(N)=O)C1.[I-]. The molecule has 1 atom stereocenters. The van der Waals surface area contributed by atoms with Gasteiger partial charge in [-0.15, -0.1) is 11.3 Å². The Morgan fingerprint density at radius 1 is 1.12 bits per heavy atom. The number of thiophene rings is 1. The molecule has 2 aromatic carbocycles. The van der Waals surface area contributed by atoms with Crippen molar-refractivity contribution in [2.75, 3.05) is 30.8 Å². The van der Waals surface area contributed by atoms with Crippen LogP contribution in [0.1, 0.15) is 40.1 Å². The number of carbonyl (C=O) groups is 2.